The monoisotopic (exact) mass is 290 g/mol. The summed E-state index contributed by atoms with van der Waals surface area (Å²) in [5, 5.41) is 13.1. The zero-order chi connectivity index (χ0) is 14.5. The van der Waals surface area contributed by atoms with Crippen molar-refractivity contribution in [1.29, 1.82) is 0 Å². The topological polar surface area (TPSA) is 62.2 Å². The summed E-state index contributed by atoms with van der Waals surface area (Å²) < 4.78 is 0. The second kappa shape index (κ2) is 6.50. The average molecular weight is 291 g/mol. The summed E-state index contributed by atoms with van der Waals surface area (Å²) in [6, 6.07) is 10.6. The summed E-state index contributed by atoms with van der Waals surface area (Å²) >= 11 is 5.79. The number of halogens is 1. The van der Waals surface area contributed by atoms with Gasteiger partial charge in [-0.2, -0.15) is 0 Å². The number of hydrogen-bond acceptors (Lipinski definition) is 3. The fourth-order valence-electron chi connectivity index (χ4n) is 1.72. The largest absolute Gasteiger partial charge is 0.387 e. The molecule has 0 fully saturated rings. The highest BCUT2D eigenvalue weighted by molar-refractivity contribution is 6.30. The SMILES string of the molecule is Cc1ccc([C@@H](O)CNC(=O)c2cc(Cl)ccn2)cc1. The van der Waals surface area contributed by atoms with Crippen LogP contribution in [0.3, 0.4) is 0 Å². The Morgan fingerprint density at radius 1 is 1.35 bits per heavy atom. The quantitative estimate of drug-likeness (QED) is 0.909. The molecule has 0 radical (unpaired) electrons. The minimum atomic E-state index is -0.751. The third kappa shape index (κ3) is 3.79. The van der Waals surface area contributed by atoms with E-state index in [9.17, 15) is 9.90 Å². The Labute approximate surface area is 122 Å². The number of aryl methyl sites for hydroxylation is 1. The molecule has 0 aliphatic carbocycles. The Hall–Kier alpha value is -1.91. The molecular weight excluding hydrogens is 276 g/mol. The van der Waals surface area contributed by atoms with Crippen LogP contribution >= 0.6 is 11.6 Å². The molecule has 0 saturated heterocycles. The van der Waals surface area contributed by atoms with E-state index in [1.807, 2.05) is 31.2 Å². The fourth-order valence-corrected chi connectivity index (χ4v) is 1.88. The predicted molar refractivity (Wildman–Crippen MR) is 77.7 cm³/mol. The maximum atomic E-state index is 11.8. The summed E-state index contributed by atoms with van der Waals surface area (Å²) in [5.74, 6) is -0.362. The minimum absolute atomic E-state index is 0.121. The third-order valence-corrected chi connectivity index (χ3v) is 3.11. The molecule has 2 rings (SSSR count). The van der Waals surface area contributed by atoms with Gasteiger partial charge in [0.1, 0.15) is 5.69 Å². The lowest BCUT2D eigenvalue weighted by molar-refractivity contribution is 0.0911. The number of pyridine rings is 1. The van der Waals surface area contributed by atoms with Gasteiger partial charge in [0.05, 0.1) is 6.10 Å². The molecular formula is C15H15ClN2O2. The van der Waals surface area contributed by atoms with Crippen molar-refractivity contribution in [1.82, 2.24) is 10.3 Å². The molecule has 1 amide bonds. The van der Waals surface area contributed by atoms with Crippen LogP contribution in [0.1, 0.15) is 27.7 Å². The molecule has 1 atom stereocenters. The molecule has 2 N–H and O–H groups in total. The smallest absolute Gasteiger partial charge is 0.270 e. The van der Waals surface area contributed by atoms with Gasteiger partial charge in [0.25, 0.3) is 5.91 Å². The van der Waals surface area contributed by atoms with Crippen LogP contribution in [-0.4, -0.2) is 22.5 Å². The van der Waals surface area contributed by atoms with Crippen LogP contribution in [0.4, 0.5) is 0 Å². The first-order valence-electron chi connectivity index (χ1n) is 6.20. The highest BCUT2D eigenvalue weighted by Gasteiger charge is 2.11. The summed E-state index contributed by atoms with van der Waals surface area (Å²) in [6.07, 6.45) is 0.715. The van der Waals surface area contributed by atoms with Crippen molar-refractivity contribution in [3.05, 3.63) is 64.4 Å². The van der Waals surface area contributed by atoms with Gasteiger partial charge >= 0.3 is 0 Å². The van der Waals surface area contributed by atoms with Crippen LogP contribution in [0.2, 0.25) is 5.02 Å². The number of nitrogens with zero attached hydrogens (tertiary/aromatic N) is 1. The second-order valence-electron chi connectivity index (χ2n) is 4.50. The third-order valence-electron chi connectivity index (χ3n) is 2.87. The van der Waals surface area contributed by atoms with Crippen LogP contribution in [0, 0.1) is 6.92 Å². The van der Waals surface area contributed by atoms with Crippen LogP contribution in [-0.2, 0) is 0 Å². The highest BCUT2D eigenvalue weighted by atomic mass is 35.5. The molecule has 0 saturated carbocycles. The Balaban J connectivity index is 1.94. The first-order chi connectivity index (χ1) is 9.56. The van der Waals surface area contributed by atoms with E-state index in [-0.39, 0.29) is 18.1 Å². The van der Waals surface area contributed by atoms with E-state index in [0.29, 0.717) is 5.02 Å². The number of nitrogens with one attached hydrogen (secondary N) is 1. The lowest BCUT2D eigenvalue weighted by Crippen LogP contribution is -2.29. The fraction of sp³-hybridized carbons (Fsp3) is 0.200. The highest BCUT2D eigenvalue weighted by Crippen LogP contribution is 2.13. The number of hydrogen-bond donors (Lipinski definition) is 2. The van der Waals surface area contributed by atoms with Crippen molar-refractivity contribution < 1.29 is 9.90 Å². The number of carbonyl (C=O) groups is 1. The number of benzene rings is 1. The molecule has 4 nitrogen and oxygen atoms in total. The van der Waals surface area contributed by atoms with E-state index in [2.05, 4.69) is 10.3 Å². The van der Waals surface area contributed by atoms with Crippen molar-refractivity contribution >= 4 is 17.5 Å². The van der Waals surface area contributed by atoms with Gasteiger partial charge in [-0.3, -0.25) is 9.78 Å². The van der Waals surface area contributed by atoms with E-state index >= 15 is 0 Å². The molecule has 0 unspecified atom stereocenters. The van der Waals surface area contributed by atoms with Crippen molar-refractivity contribution in [3.63, 3.8) is 0 Å². The number of aromatic nitrogens is 1. The van der Waals surface area contributed by atoms with E-state index in [4.69, 9.17) is 11.6 Å². The zero-order valence-electron chi connectivity index (χ0n) is 11.0. The van der Waals surface area contributed by atoms with Crippen molar-refractivity contribution in [2.75, 3.05) is 6.54 Å². The van der Waals surface area contributed by atoms with Gasteiger partial charge in [-0.1, -0.05) is 41.4 Å². The molecule has 0 aliphatic heterocycles. The first-order valence-corrected chi connectivity index (χ1v) is 6.58. The van der Waals surface area contributed by atoms with E-state index in [0.717, 1.165) is 11.1 Å². The molecule has 1 heterocycles. The number of aliphatic hydroxyl groups is 1. The minimum Gasteiger partial charge on any atom is -0.387 e. The summed E-state index contributed by atoms with van der Waals surface area (Å²) in [5.41, 5.74) is 2.11. The van der Waals surface area contributed by atoms with Gasteiger partial charge < -0.3 is 10.4 Å². The van der Waals surface area contributed by atoms with Gasteiger partial charge in [0.2, 0.25) is 0 Å². The zero-order valence-corrected chi connectivity index (χ0v) is 11.8. The van der Waals surface area contributed by atoms with Crippen molar-refractivity contribution in [2.24, 2.45) is 0 Å². The molecule has 1 aromatic heterocycles. The molecule has 104 valence electrons. The lowest BCUT2D eigenvalue weighted by atomic mass is 10.1. The number of amides is 1. The number of aliphatic hydroxyl groups excluding tert-OH is 1. The maximum absolute atomic E-state index is 11.8. The van der Waals surface area contributed by atoms with E-state index in [1.54, 1.807) is 6.07 Å². The average Bonchev–Trinajstić information content (AvgIpc) is 2.45. The van der Waals surface area contributed by atoms with Gasteiger partial charge in [-0.15, -0.1) is 0 Å². The van der Waals surface area contributed by atoms with Gasteiger partial charge in [0, 0.05) is 17.8 Å². The van der Waals surface area contributed by atoms with Crippen LogP contribution in [0.25, 0.3) is 0 Å². The summed E-state index contributed by atoms with van der Waals surface area (Å²) in [4.78, 5) is 15.8. The molecule has 2 aromatic rings. The summed E-state index contributed by atoms with van der Waals surface area (Å²) in [6.45, 7) is 2.10. The Kier molecular flexibility index (Phi) is 4.71. The van der Waals surface area contributed by atoms with Gasteiger partial charge in [-0.05, 0) is 24.6 Å². The normalized spacial score (nSPS) is 11.9. The number of rotatable bonds is 4. The van der Waals surface area contributed by atoms with Crippen LogP contribution in [0.5, 0.6) is 0 Å². The second-order valence-corrected chi connectivity index (χ2v) is 4.93. The standard InChI is InChI=1S/C15H15ClN2O2/c1-10-2-4-11(5-3-10)14(19)9-18-15(20)13-8-12(16)6-7-17-13/h2-8,14,19H,9H2,1H3,(H,18,20)/t14-/m0/s1. The first kappa shape index (κ1) is 14.5. The molecule has 20 heavy (non-hydrogen) atoms. The number of carbonyl (C=O) groups excluding carboxylic acids is 1. The molecule has 1 aromatic carbocycles. The maximum Gasteiger partial charge on any atom is 0.270 e. The molecule has 0 spiro atoms. The summed E-state index contributed by atoms with van der Waals surface area (Å²) in [7, 11) is 0. The molecule has 0 bridgehead atoms. The van der Waals surface area contributed by atoms with Crippen molar-refractivity contribution in [2.45, 2.75) is 13.0 Å². The molecule has 5 heteroatoms. The van der Waals surface area contributed by atoms with Crippen LogP contribution < -0.4 is 5.32 Å². The Morgan fingerprint density at radius 2 is 2.05 bits per heavy atom. The lowest BCUT2D eigenvalue weighted by Gasteiger charge is -2.12. The van der Waals surface area contributed by atoms with E-state index < -0.39 is 6.10 Å². The Morgan fingerprint density at radius 3 is 2.70 bits per heavy atom. The Bertz CT molecular complexity index is 599. The van der Waals surface area contributed by atoms with Gasteiger partial charge in [-0.25, -0.2) is 0 Å². The van der Waals surface area contributed by atoms with E-state index in [1.165, 1.54) is 12.3 Å². The van der Waals surface area contributed by atoms with Crippen LogP contribution in [0.15, 0.2) is 42.6 Å². The van der Waals surface area contributed by atoms with Gasteiger partial charge in [0.15, 0.2) is 0 Å². The van der Waals surface area contributed by atoms with Crippen molar-refractivity contribution in [3.8, 4) is 0 Å². The predicted octanol–water partition coefficient (Wildman–Crippen LogP) is 2.51. The molecule has 0 aliphatic rings.